The molecular weight excluding hydrogens is 242 g/mol. The second-order valence-electron chi connectivity index (χ2n) is 5.63. The van der Waals surface area contributed by atoms with Crippen LogP contribution in [-0.2, 0) is 9.53 Å². The van der Waals surface area contributed by atoms with Gasteiger partial charge in [-0.25, -0.2) is 0 Å². The summed E-state index contributed by atoms with van der Waals surface area (Å²) in [5.74, 6) is 0.198. The van der Waals surface area contributed by atoms with E-state index in [1.165, 1.54) is 12.8 Å². The maximum Gasteiger partial charge on any atom is 0.221 e. The Balaban J connectivity index is 1.91. The molecule has 2 saturated heterocycles. The Morgan fingerprint density at radius 2 is 2.16 bits per heavy atom. The van der Waals surface area contributed by atoms with Crippen molar-refractivity contribution in [2.45, 2.75) is 44.2 Å². The van der Waals surface area contributed by atoms with Crippen LogP contribution in [0, 0.1) is 0 Å². The molecule has 19 heavy (non-hydrogen) atoms. The van der Waals surface area contributed by atoms with Crippen molar-refractivity contribution < 1.29 is 9.53 Å². The lowest BCUT2D eigenvalue weighted by atomic mass is 10.1. The number of carbonyl (C=O) groups is 1. The number of nitrogens with zero attached hydrogens (tertiary/aromatic N) is 1. The Bertz CT molecular complexity index is 280. The molecule has 5 nitrogen and oxygen atoms in total. The van der Waals surface area contributed by atoms with Crippen LogP contribution in [0.5, 0.6) is 0 Å². The number of rotatable bonds is 6. The monoisotopic (exact) mass is 269 g/mol. The Hall–Kier alpha value is -0.650. The molecule has 2 N–H and O–H groups in total. The zero-order chi connectivity index (χ0) is 13.5. The third kappa shape index (κ3) is 4.75. The van der Waals surface area contributed by atoms with Crippen LogP contribution in [0.25, 0.3) is 0 Å². The zero-order valence-corrected chi connectivity index (χ0v) is 12.0. The van der Waals surface area contributed by atoms with E-state index in [-0.39, 0.29) is 5.91 Å². The number of ether oxygens (including phenoxy) is 1. The minimum atomic E-state index is 0.198. The van der Waals surface area contributed by atoms with Crippen LogP contribution < -0.4 is 10.6 Å². The summed E-state index contributed by atoms with van der Waals surface area (Å²) >= 11 is 0. The van der Waals surface area contributed by atoms with Crippen molar-refractivity contribution in [2.24, 2.45) is 0 Å². The summed E-state index contributed by atoms with van der Waals surface area (Å²) in [4.78, 5) is 14.2. The summed E-state index contributed by atoms with van der Waals surface area (Å²) in [6, 6.07) is 0.961. The predicted molar refractivity (Wildman–Crippen MR) is 75.1 cm³/mol. The highest BCUT2D eigenvalue weighted by molar-refractivity contribution is 5.76. The van der Waals surface area contributed by atoms with Crippen LogP contribution >= 0.6 is 0 Å². The molecular formula is C14H27N3O2. The molecule has 5 heteroatoms. The molecule has 2 aliphatic rings. The van der Waals surface area contributed by atoms with Gasteiger partial charge in [0.15, 0.2) is 0 Å². The maximum atomic E-state index is 11.7. The largest absolute Gasteiger partial charge is 0.383 e. The quantitative estimate of drug-likeness (QED) is 0.731. The predicted octanol–water partition coefficient (Wildman–Crippen LogP) is 0.356. The lowest BCUT2D eigenvalue weighted by Gasteiger charge is -2.32. The van der Waals surface area contributed by atoms with Gasteiger partial charge in [-0.2, -0.15) is 0 Å². The van der Waals surface area contributed by atoms with Crippen molar-refractivity contribution in [1.29, 1.82) is 0 Å². The second kappa shape index (κ2) is 7.82. The molecule has 0 aromatic rings. The summed E-state index contributed by atoms with van der Waals surface area (Å²) < 4.78 is 5.22. The van der Waals surface area contributed by atoms with Gasteiger partial charge in [-0.15, -0.1) is 0 Å². The molecule has 110 valence electrons. The minimum Gasteiger partial charge on any atom is -0.383 e. The Labute approximate surface area is 116 Å². The van der Waals surface area contributed by atoms with Crippen LogP contribution in [0.15, 0.2) is 0 Å². The van der Waals surface area contributed by atoms with Gasteiger partial charge in [-0.1, -0.05) is 0 Å². The van der Waals surface area contributed by atoms with Crippen LogP contribution in [0.4, 0.5) is 0 Å². The van der Waals surface area contributed by atoms with Gasteiger partial charge < -0.3 is 15.4 Å². The first-order valence-electron chi connectivity index (χ1n) is 7.52. The number of amides is 1. The molecule has 0 aliphatic carbocycles. The summed E-state index contributed by atoms with van der Waals surface area (Å²) in [6.07, 6.45) is 5.35. The van der Waals surface area contributed by atoms with Crippen LogP contribution in [0.3, 0.4) is 0 Å². The smallest absolute Gasteiger partial charge is 0.221 e. The maximum absolute atomic E-state index is 11.7. The first kappa shape index (κ1) is 14.8. The minimum absolute atomic E-state index is 0.198. The number of methoxy groups -OCH3 is 1. The molecule has 2 fully saturated rings. The van der Waals surface area contributed by atoms with E-state index in [1.54, 1.807) is 7.11 Å². The van der Waals surface area contributed by atoms with Gasteiger partial charge in [0.25, 0.3) is 0 Å². The normalized spacial score (nSPS) is 28.4. The van der Waals surface area contributed by atoms with Crippen molar-refractivity contribution in [1.82, 2.24) is 15.5 Å². The van der Waals surface area contributed by atoms with Crippen LogP contribution in [0.2, 0.25) is 0 Å². The van der Waals surface area contributed by atoms with Crippen molar-refractivity contribution >= 4 is 5.91 Å². The molecule has 0 aromatic heterocycles. The summed E-state index contributed by atoms with van der Waals surface area (Å²) in [6.45, 7) is 4.67. The second-order valence-corrected chi connectivity index (χ2v) is 5.63. The van der Waals surface area contributed by atoms with Gasteiger partial charge in [0, 0.05) is 45.2 Å². The molecule has 1 amide bonds. The van der Waals surface area contributed by atoms with Crippen molar-refractivity contribution in [3.05, 3.63) is 0 Å². The molecule has 0 spiro atoms. The lowest BCUT2D eigenvalue weighted by Crippen LogP contribution is -2.45. The van der Waals surface area contributed by atoms with E-state index >= 15 is 0 Å². The highest BCUT2D eigenvalue weighted by Crippen LogP contribution is 2.16. The average molecular weight is 269 g/mol. The summed E-state index contributed by atoms with van der Waals surface area (Å²) in [5, 5.41) is 6.51. The number of carbonyl (C=O) groups excluding carboxylic acids is 1. The van der Waals surface area contributed by atoms with E-state index in [1.807, 2.05) is 0 Å². The van der Waals surface area contributed by atoms with E-state index in [2.05, 4.69) is 15.5 Å². The van der Waals surface area contributed by atoms with Gasteiger partial charge in [0.1, 0.15) is 0 Å². The summed E-state index contributed by atoms with van der Waals surface area (Å²) in [5.41, 5.74) is 0. The van der Waals surface area contributed by atoms with E-state index in [0.29, 0.717) is 18.5 Å². The number of nitrogens with one attached hydrogen (secondary N) is 2. The van der Waals surface area contributed by atoms with Crippen molar-refractivity contribution in [3.63, 3.8) is 0 Å². The Morgan fingerprint density at radius 3 is 2.89 bits per heavy atom. The fourth-order valence-corrected chi connectivity index (χ4v) is 3.09. The standard InChI is InChI=1S/C14H27N3O2/c1-19-9-8-17(11-12-4-2-6-15-12)13-5-3-7-16-14(18)10-13/h12-13,15H,2-11H2,1H3,(H,16,18). The fraction of sp³-hybridized carbons (Fsp3) is 0.929. The summed E-state index contributed by atoms with van der Waals surface area (Å²) in [7, 11) is 1.74. The van der Waals surface area contributed by atoms with E-state index in [9.17, 15) is 4.79 Å². The third-order valence-corrected chi connectivity index (χ3v) is 4.17. The van der Waals surface area contributed by atoms with Gasteiger partial charge in [-0.3, -0.25) is 9.69 Å². The topological polar surface area (TPSA) is 53.6 Å². The molecule has 2 aliphatic heterocycles. The molecule has 2 atom stereocenters. The molecule has 2 rings (SSSR count). The van der Waals surface area contributed by atoms with E-state index in [0.717, 1.165) is 45.6 Å². The van der Waals surface area contributed by atoms with E-state index < -0.39 is 0 Å². The SMILES string of the molecule is COCCN(CC1CCCN1)C1CCCNC(=O)C1. The number of hydrogen-bond acceptors (Lipinski definition) is 4. The lowest BCUT2D eigenvalue weighted by molar-refractivity contribution is -0.121. The van der Waals surface area contributed by atoms with E-state index in [4.69, 9.17) is 4.74 Å². The van der Waals surface area contributed by atoms with Gasteiger partial charge >= 0.3 is 0 Å². The number of hydrogen-bond donors (Lipinski definition) is 2. The van der Waals surface area contributed by atoms with Gasteiger partial charge in [0.2, 0.25) is 5.91 Å². The van der Waals surface area contributed by atoms with Crippen LogP contribution in [-0.4, -0.2) is 62.8 Å². The third-order valence-electron chi connectivity index (χ3n) is 4.17. The Morgan fingerprint density at radius 1 is 1.32 bits per heavy atom. The molecule has 0 radical (unpaired) electrons. The van der Waals surface area contributed by atoms with Gasteiger partial charge in [-0.05, 0) is 32.2 Å². The molecule has 2 unspecified atom stereocenters. The zero-order valence-electron chi connectivity index (χ0n) is 12.0. The van der Waals surface area contributed by atoms with Crippen molar-refractivity contribution in [2.75, 3.05) is 39.9 Å². The van der Waals surface area contributed by atoms with Gasteiger partial charge in [0.05, 0.1) is 6.61 Å². The molecule has 0 bridgehead atoms. The fourth-order valence-electron chi connectivity index (χ4n) is 3.09. The molecule has 0 aromatic carbocycles. The first-order chi connectivity index (χ1) is 9.29. The molecule has 2 heterocycles. The van der Waals surface area contributed by atoms with Crippen molar-refractivity contribution in [3.8, 4) is 0 Å². The highest BCUT2D eigenvalue weighted by Gasteiger charge is 2.26. The first-order valence-corrected chi connectivity index (χ1v) is 7.52. The highest BCUT2D eigenvalue weighted by atomic mass is 16.5. The average Bonchev–Trinajstić information content (AvgIpc) is 2.82. The Kier molecular flexibility index (Phi) is 6.07. The van der Waals surface area contributed by atoms with Crippen LogP contribution in [0.1, 0.15) is 32.1 Å². The molecule has 0 saturated carbocycles.